The second kappa shape index (κ2) is 6.33. The number of hydrogen-bond acceptors (Lipinski definition) is 2. The first-order valence-electron chi connectivity index (χ1n) is 6.37. The summed E-state index contributed by atoms with van der Waals surface area (Å²) in [5, 5.41) is 0. The maximum atomic E-state index is 5.71. The van der Waals surface area contributed by atoms with Crippen LogP contribution in [0.3, 0.4) is 0 Å². The molecule has 0 aliphatic heterocycles. The Labute approximate surface area is 123 Å². The van der Waals surface area contributed by atoms with E-state index in [1.54, 1.807) is 0 Å². The van der Waals surface area contributed by atoms with Crippen LogP contribution in [0.1, 0.15) is 28.3 Å². The van der Waals surface area contributed by atoms with Gasteiger partial charge in [-0.3, -0.25) is 11.3 Å². The van der Waals surface area contributed by atoms with Crippen molar-refractivity contribution in [3.8, 4) is 0 Å². The SMILES string of the molecule is Cc1cc(C)cc(CC(NN)c2cccc(Br)c2)c1. The van der Waals surface area contributed by atoms with Crippen molar-refractivity contribution in [2.45, 2.75) is 26.3 Å². The molecule has 0 aliphatic carbocycles. The van der Waals surface area contributed by atoms with E-state index in [1.165, 1.54) is 22.3 Å². The molecule has 19 heavy (non-hydrogen) atoms. The third-order valence-corrected chi connectivity index (χ3v) is 3.67. The Kier molecular flexibility index (Phi) is 4.75. The van der Waals surface area contributed by atoms with Gasteiger partial charge in [0.2, 0.25) is 0 Å². The number of nitrogens with two attached hydrogens (primary N) is 1. The Bertz CT molecular complexity index is 546. The van der Waals surface area contributed by atoms with E-state index >= 15 is 0 Å². The van der Waals surface area contributed by atoms with E-state index < -0.39 is 0 Å². The molecule has 0 aliphatic rings. The summed E-state index contributed by atoms with van der Waals surface area (Å²) in [4.78, 5) is 0. The van der Waals surface area contributed by atoms with Crippen LogP contribution in [0.4, 0.5) is 0 Å². The van der Waals surface area contributed by atoms with Crippen LogP contribution in [0.15, 0.2) is 46.9 Å². The van der Waals surface area contributed by atoms with Crippen molar-refractivity contribution in [2.75, 3.05) is 0 Å². The molecule has 2 aromatic rings. The molecule has 2 nitrogen and oxygen atoms in total. The zero-order valence-corrected chi connectivity index (χ0v) is 12.9. The van der Waals surface area contributed by atoms with Gasteiger partial charge >= 0.3 is 0 Å². The summed E-state index contributed by atoms with van der Waals surface area (Å²) in [6.45, 7) is 4.25. The van der Waals surface area contributed by atoms with E-state index in [-0.39, 0.29) is 6.04 Å². The minimum absolute atomic E-state index is 0.124. The van der Waals surface area contributed by atoms with Gasteiger partial charge in [-0.15, -0.1) is 0 Å². The van der Waals surface area contributed by atoms with Gasteiger partial charge in [0.05, 0.1) is 6.04 Å². The molecular weight excluding hydrogens is 300 g/mol. The highest BCUT2D eigenvalue weighted by molar-refractivity contribution is 9.10. The highest BCUT2D eigenvalue weighted by Gasteiger charge is 2.11. The molecule has 0 aromatic heterocycles. The van der Waals surface area contributed by atoms with Gasteiger partial charge < -0.3 is 0 Å². The number of nitrogens with one attached hydrogen (secondary N) is 1. The number of aryl methyl sites for hydroxylation is 2. The van der Waals surface area contributed by atoms with Crippen LogP contribution < -0.4 is 11.3 Å². The largest absolute Gasteiger partial charge is 0.271 e. The molecule has 2 aromatic carbocycles. The Morgan fingerprint density at radius 2 is 1.79 bits per heavy atom. The van der Waals surface area contributed by atoms with Crippen LogP contribution in [0.5, 0.6) is 0 Å². The summed E-state index contributed by atoms with van der Waals surface area (Å²) >= 11 is 3.50. The van der Waals surface area contributed by atoms with E-state index in [4.69, 9.17) is 5.84 Å². The van der Waals surface area contributed by atoms with E-state index in [9.17, 15) is 0 Å². The highest BCUT2D eigenvalue weighted by Crippen LogP contribution is 2.22. The maximum Gasteiger partial charge on any atom is 0.0500 e. The second-order valence-electron chi connectivity index (χ2n) is 4.97. The standard InChI is InChI=1S/C16H19BrN2/c1-11-6-12(2)8-13(7-11)9-16(19-18)14-4-3-5-15(17)10-14/h3-8,10,16,19H,9,18H2,1-2H3. The molecule has 0 heterocycles. The molecule has 3 heteroatoms. The molecule has 0 spiro atoms. The van der Waals surface area contributed by atoms with E-state index in [2.05, 4.69) is 65.5 Å². The number of rotatable bonds is 4. The fraction of sp³-hybridized carbons (Fsp3) is 0.250. The topological polar surface area (TPSA) is 38.0 Å². The molecule has 3 N–H and O–H groups in total. The van der Waals surface area contributed by atoms with Crippen molar-refractivity contribution >= 4 is 15.9 Å². The van der Waals surface area contributed by atoms with Crippen LogP contribution in [-0.4, -0.2) is 0 Å². The van der Waals surface area contributed by atoms with Crippen molar-refractivity contribution in [2.24, 2.45) is 5.84 Å². The Balaban J connectivity index is 2.23. The number of halogens is 1. The lowest BCUT2D eigenvalue weighted by Crippen LogP contribution is -2.29. The predicted octanol–water partition coefficient (Wildman–Crippen LogP) is 3.81. The van der Waals surface area contributed by atoms with Gasteiger partial charge in [-0.2, -0.15) is 0 Å². The molecule has 0 saturated heterocycles. The number of benzene rings is 2. The van der Waals surface area contributed by atoms with Crippen molar-refractivity contribution in [1.29, 1.82) is 0 Å². The van der Waals surface area contributed by atoms with Crippen LogP contribution in [0.2, 0.25) is 0 Å². The van der Waals surface area contributed by atoms with Crippen LogP contribution in [0, 0.1) is 13.8 Å². The first-order chi connectivity index (χ1) is 9.08. The Hall–Kier alpha value is -1.16. The molecule has 2 rings (SSSR count). The highest BCUT2D eigenvalue weighted by atomic mass is 79.9. The van der Waals surface area contributed by atoms with Crippen LogP contribution in [0.25, 0.3) is 0 Å². The maximum absolute atomic E-state index is 5.71. The van der Waals surface area contributed by atoms with Crippen LogP contribution >= 0.6 is 15.9 Å². The predicted molar refractivity (Wildman–Crippen MR) is 83.8 cm³/mol. The van der Waals surface area contributed by atoms with E-state index in [1.807, 2.05) is 12.1 Å². The molecule has 1 unspecified atom stereocenters. The average Bonchev–Trinajstić information content (AvgIpc) is 2.34. The number of hydrazine groups is 1. The van der Waals surface area contributed by atoms with Gasteiger partial charge in [-0.1, -0.05) is 57.4 Å². The quantitative estimate of drug-likeness (QED) is 0.664. The zero-order chi connectivity index (χ0) is 13.8. The second-order valence-corrected chi connectivity index (χ2v) is 5.89. The van der Waals surface area contributed by atoms with Gasteiger partial charge in [0, 0.05) is 4.47 Å². The van der Waals surface area contributed by atoms with E-state index in [0.717, 1.165) is 10.9 Å². The van der Waals surface area contributed by atoms with Gasteiger partial charge in [-0.05, 0) is 43.5 Å². The minimum Gasteiger partial charge on any atom is -0.271 e. The van der Waals surface area contributed by atoms with Crippen molar-refractivity contribution in [3.05, 3.63) is 69.2 Å². The molecular formula is C16H19BrN2. The van der Waals surface area contributed by atoms with Gasteiger partial charge in [0.25, 0.3) is 0 Å². The molecule has 0 saturated carbocycles. The summed E-state index contributed by atoms with van der Waals surface area (Å²) in [6, 6.07) is 15.0. The summed E-state index contributed by atoms with van der Waals surface area (Å²) in [5.74, 6) is 5.71. The third kappa shape index (κ3) is 3.90. The lowest BCUT2D eigenvalue weighted by molar-refractivity contribution is 0.551. The fourth-order valence-corrected chi connectivity index (χ4v) is 2.84. The van der Waals surface area contributed by atoms with Crippen molar-refractivity contribution in [3.63, 3.8) is 0 Å². The number of hydrogen-bond donors (Lipinski definition) is 2. The normalized spacial score (nSPS) is 12.4. The van der Waals surface area contributed by atoms with Gasteiger partial charge in [-0.25, -0.2) is 0 Å². The van der Waals surface area contributed by atoms with Crippen molar-refractivity contribution in [1.82, 2.24) is 5.43 Å². The first kappa shape index (κ1) is 14.3. The molecule has 0 bridgehead atoms. The smallest absolute Gasteiger partial charge is 0.0500 e. The van der Waals surface area contributed by atoms with Crippen molar-refractivity contribution < 1.29 is 0 Å². The fourth-order valence-electron chi connectivity index (χ4n) is 2.42. The monoisotopic (exact) mass is 318 g/mol. The zero-order valence-electron chi connectivity index (χ0n) is 11.3. The van der Waals surface area contributed by atoms with Gasteiger partial charge in [0.1, 0.15) is 0 Å². The lowest BCUT2D eigenvalue weighted by Gasteiger charge is -2.17. The van der Waals surface area contributed by atoms with Crippen LogP contribution in [-0.2, 0) is 6.42 Å². The van der Waals surface area contributed by atoms with Gasteiger partial charge in [0.15, 0.2) is 0 Å². The summed E-state index contributed by atoms with van der Waals surface area (Å²) < 4.78 is 1.07. The summed E-state index contributed by atoms with van der Waals surface area (Å²) in [6.07, 6.45) is 0.884. The molecule has 100 valence electrons. The minimum atomic E-state index is 0.124. The Morgan fingerprint density at radius 1 is 1.11 bits per heavy atom. The van der Waals surface area contributed by atoms with E-state index in [0.29, 0.717) is 0 Å². The summed E-state index contributed by atoms with van der Waals surface area (Å²) in [7, 11) is 0. The molecule has 1 atom stereocenters. The summed E-state index contributed by atoms with van der Waals surface area (Å²) in [5.41, 5.74) is 7.99. The lowest BCUT2D eigenvalue weighted by atomic mass is 9.97. The third-order valence-electron chi connectivity index (χ3n) is 3.17. The molecule has 0 fully saturated rings. The molecule has 0 radical (unpaired) electrons. The average molecular weight is 319 g/mol. The molecule has 0 amide bonds. The Morgan fingerprint density at radius 3 is 2.37 bits per heavy atom. The first-order valence-corrected chi connectivity index (χ1v) is 7.16.